The predicted octanol–water partition coefficient (Wildman–Crippen LogP) is 3.40. The van der Waals surface area contributed by atoms with Gasteiger partial charge in [-0.15, -0.1) is 0 Å². The number of nitrogens with zero attached hydrogens (tertiary/aromatic N) is 3. The number of nitrogens with one attached hydrogen (secondary N) is 3. The van der Waals surface area contributed by atoms with E-state index in [0.717, 1.165) is 6.07 Å². The zero-order chi connectivity index (χ0) is 17.3. The number of hydrogen-bond acceptors (Lipinski definition) is 5. The maximum atomic E-state index is 13.3. The third kappa shape index (κ3) is 2.89. The topological polar surface area (TPSA) is 101 Å². The number of benzene rings is 1. The second-order valence-electron chi connectivity index (χ2n) is 4.93. The van der Waals surface area contributed by atoms with E-state index in [1.807, 2.05) is 6.92 Å². The monoisotopic (exact) mass is 348 g/mol. The van der Waals surface area contributed by atoms with Crippen molar-refractivity contribution in [2.45, 2.75) is 6.92 Å². The highest BCUT2D eigenvalue weighted by Gasteiger charge is 2.18. The molecule has 0 aliphatic heterocycles. The molecule has 0 saturated carbocycles. The Kier molecular flexibility index (Phi) is 4.32. The molecule has 0 bridgehead atoms. The second kappa shape index (κ2) is 6.42. The number of pyridine rings is 1. The lowest BCUT2D eigenvalue weighted by Crippen LogP contribution is -2.27. The van der Waals surface area contributed by atoms with Crippen LogP contribution in [0.1, 0.15) is 12.5 Å². The zero-order valence-corrected chi connectivity index (χ0v) is 13.4. The number of aromatic amines is 1. The minimum absolute atomic E-state index is 0.143. The largest absolute Gasteiger partial charge is 0.356 e. The van der Waals surface area contributed by atoms with Gasteiger partial charge >= 0.3 is 0 Å². The van der Waals surface area contributed by atoms with Crippen LogP contribution in [0.3, 0.4) is 0 Å². The first kappa shape index (κ1) is 16.2. The molecular weight excluding hydrogens is 335 g/mol. The van der Waals surface area contributed by atoms with Crippen LogP contribution in [-0.4, -0.2) is 32.5 Å². The molecular formula is C15H14ClFN6O. The van der Waals surface area contributed by atoms with Crippen molar-refractivity contribution in [1.29, 1.82) is 5.41 Å². The third-order valence-corrected chi connectivity index (χ3v) is 3.64. The van der Waals surface area contributed by atoms with Gasteiger partial charge in [-0.3, -0.25) is 10.6 Å². The van der Waals surface area contributed by atoms with Crippen LogP contribution < -0.4 is 10.4 Å². The summed E-state index contributed by atoms with van der Waals surface area (Å²) in [4.78, 5) is 11.4. The van der Waals surface area contributed by atoms with Crippen LogP contribution in [0.5, 0.6) is 0 Å². The van der Waals surface area contributed by atoms with E-state index < -0.39 is 5.82 Å². The van der Waals surface area contributed by atoms with Crippen molar-refractivity contribution >= 4 is 40.2 Å². The summed E-state index contributed by atoms with van der Waals surface area (Å²) in [7, 11) is 0. The van der Waals surface area contributed by atoms with Crippen LogP contribution in [0.15, 0.2) is 30.5 Å². The lowest BCUT2D eigenvalue weighted by Gasteiger charge is -2.18. The fourth-order valence-electron chi connectivity index (χ4n) is 2.22. The molecule has 0 spiro atoms. The van der Waals surface area contributed by atoms with Crippen molar-refractivity contribution in [3.63, 3.8) is 0 Å². The third-order valence-electron chi connectivity index (χ3n) is 3.35. The minimum Gasteiger partial charge on any atom is -0.356 e. The Morgan fingerprint density at radius 3 is 2.96 bits per heavy atom. The molecule has 124 valence electrons. The lowest BCUT2D eigenvalue weighted by atomic mass is 10.2. The standard InChI is InChI=1S/C15H14ClFN6O/c1-2-19-15-21-12-9(5-6-20-14(12)22-15)13(18)23(24)8-3-4-11(17)10(16)7-8/h3-7,18,24H,2H2,1H3,(H2,19,20,21,22). The minimum atomic E-state index is -0.601. The first-order chi connectivity index (χ1) is 11.5. The van der Waals surface area contributed by atoms with Gasteiger partial charge in [0.05, 0.1) is 16.2 Å². The Morgan fingerprint density at radius 2 is 2.25 bits per heavy atom. The fraction of sp³-hybridized carbons (Fsp3) is 0.133. The van der Waals surface area contributed by atoms with Gasteiger partial charge in [0.2, 0.25) is 5.95 Å². The summed E-state index contributed by atoms with van der Waals surface area (Å²) in [5, 5.41) is 22.0. The highest BCUT2D eigenvalue weighted by atomic mass is 35.5. The van der Waals surface area contributed by atoms with E-state index in [4.69, 9.17) is 17.0 Å². The summed E-state index contributed by atoms with van der Waals surface area (Å²) < 4.78 is 13.3. The number of imidazole rings is 1. The fourth-order valence-corrected chi connectivity index (χ4v) is 2.39. The SMILES string of the molecule is CCNc1nc2nccc(C(=N)N(O)c3ccc(F)c(Cl)c3)c2[nH]1. The molecule has 0 radical (unpaired) electrons. The number of amidine groups is 1. The summed E-state index contributed by atoms with van der Waals surface area (Å²) in [6.45, 7) is 2.60. The zero-order valence-electron chi connectivity index (χ0n) is 12.6. The van der Waals surface area contributed by atoms with Crippen molar-refractivity contribution in [2.24, 2.45) is 0 Å². The molecule has 9 heteroatoms. The van der Waals surface area contributed by atoms with E-state index in [9.17, 15) is 9.60 Å². The number of fused-ring (bicyclic) bond motifs is 1. The molecule has 24 heavy (non-hydrogen) atoms. The molecule has 0 amide bonds. The van der Waals surface area contributed by atoms with Gasteiger partial charge in [0.25, 0.3) is 0 Å². The van der Waals surface area contributed by atoms with Gasteiger partial charge in [-0.05, 0) is 31.2 Å². The normalized spacial score (nSPS) is 10.8. The Hall–Kier alpha value is -2.71. The van der Waals surface area contributed by atoms with E-state index in [0.29, 0.717) is 34.3 Å². The maximum Gasteiger partial charge on any atom is 0.202 e. The number of aromatic nitrogens is 3. The summed E-state index contributed by atoms with van der Waals surface area (Å²) in [5.74, 6) is -0.304. The Balaban J connectivity index is 1.99. The first-order valence-corrected chi connectivity index (χ1v) is 7.50. The highest BCUT2D eigenvalue weighted by Crippen LogP contribution is 2.24. The maximum absolute atomic E-state index is 13.3. The molecule has 4 N–H and O–H groups in total. The number of halogens is 2. The summed E-state index contributed by atoms with van der Waals surface area (Å²) in [5.41, 5.74) is 1.48. The van der Waals surface area contributed by atoms with Gasteiger partial charge in [-0.1, -0.05) is 11.6 Å². The molecule has 0 aliphatic rings. The molecule has 2 aromatic heterocycles. The van der Waals surface area contributed by atoms with Crippen LogP contribution in [0.4, 0.5) is 16.0 Å². The predicted molar refractivity (Wildman–Crippen MR) is 90.6 cm³/mol. The van der Waals surface area contributed by atoms with Crippen molar-refractivity contribution in [3.8, 4) is 0 Å². The van der Waals surface area contributed by atoms with E-state index in [-0.39, 0.29) is 16.5 Å². The lowest BCUT2D eigenvalue weighted by molar-refractivity contribution is 0.312. The molecule has 7 nitrogen and oxygen atoms in total. The number of anilines is 2. The van der Waals surface area contributed by atoms with E-state index in [1.165, 1.54) is 18.3 Å². The van der Waals surface area contributed by atoms with Crippen LogP contribution >= 0.6 is 11.6 Å². The van der Waals surface area contributed by atoms with E-state index in [1.54, 1.807) is 6.07 Å². The highest BCUT2D eigenvalue weighted by molar-refractivity contribution is 6.31. The van der Waals surface area contributed by atoms with Gasteiger partial charge in [-0.25, -0.2) is 14.4 Å². The number of hydroxylamine groups is 1. The molecule has 3 aromatic rings. The van der Waals surface area contributed by atoms with Crippen molar-refractivity contribution in [1.82, 2.24) is 15.0 Å². The van der Waals surface area contributed by atoms with Gasteiger partial charge < -0.3 is 10.3 Å². The molecule has 0 atom stereocenters. The molecule has 0 fully saturated rings. The van der Waals surface area contributed by atoms with Crippen molar-refractivity contribution in [2.75, 3.05) is 16.9 Å². The van der Waals surface area contributed by atoms with Gasteiger partial charge in [0.1, 0.15) is 5.82 Å². The Bertz CT molecular complexity index is 912. The average molecular weight is 349 g/mol. The number of H-pyrrole nitrogens is 1. The quantitative estimate of drug-likeness (QED) is 0.329. The molecule has 0 aliphatic carbocycles. The molecule has 0 saturated heterocycles. The van der Waals surface area contributed by atoms with Crippen LogP contribution in [0.2, 0.25) is 5.02 Å². The van der Waals surface area contributed by atoms with Gasteiger partial charge in [0, 0.05) is 18.3 Å². The molecule has 3 rings (SSSR count). The van der Waals surface area contributed by atoms with Gasteiger partial charge in [-0.2, -0.15) is 4.98 Å². The van der Waals surface area contributed by atoms with Crippen molar-refractivity contribution < 1.29 is 9.60 Å². The summed E-state index contributed by atoms with van der Waals surface area (Å²) >= 11 is 5.72. The van der Waals surface area contributed by atoms with Gasteiger partial charge in [0.15, 0.2) is 11.5 Å². The van der Waals surface area contributed by atoms with E-state index in [2.05, 4.69) is 20.3 Å². The number of rotatable bonds is 4. The number of hydrogen-bond donors (Lipinski definition) is 4. The summed E-state index contributed by atoms with van der Waals surface area (Å²) in [6, 6.07) is 5.26. The molecule has 1 aromatic carbocycles. The van der Waals surface area contributed by atoms with E-state index >= 15 is 0 Å². The van der Waals surface area contributed by atoms with Crippen LogP contribution in [-0.2, 0) is 0 Å². The Morgan fingerprint density at radius 1 is 1.46 bits per heavy atom. The molecule has 2 heterocycles. The van der Waals surface area contributed by atoms with Crippen molar-refractivity contribution in [3.05, 3.63) is 46.9 Å². The average Bonchev–Trinajstić information content (AvgIpc) is 2.99. The second-order valence-corrected chi connectivity index (χ2v) is 5.34. The Labute approximate surface area is 141 Å². The van der Waals surface area contributed by atoms with Crippen LogP contribution in [0, 0.1) is 11.2 Å². The first-order valence-electron chi connectivity index (χ1n) is 7.12. The summed E-state index contributed by atoms with van der Waals surface area (Å²) in [6.07, 6.45) is 1.49. The smallest absolute Gasteiger partial charge is 0.202 e. The molecule has 0 unspecified atom stereocenters. The van der Waals surface area contributed by atoms with Crippen LogP contribution in [0.25, 0.3) is 11.2 Å².